The summed E-state index contributed by atoms with van der Waals surface area (Å²) in [4.78, 5) is 24.3. The van der Waals surface area contributed by atoms with Gasteiger partial charge in [0.05, 0.1) is 19.6 Å². The van der Waals surface area contributed by atoms with Crippen molar-refractivity contribution >= 4 is 51.6 Å². The number of carbonyl (C=O) groups excluding carboxylic acids is 2. The quantitative estimate of drug-likeness (QED) is 0.0429. The van der Waals surface area contributed by atoms with Gasteiger partial charge in [0.1, 0.15) is 0 Å². The van der Waals surface area contributed by atoms with Gasteiger partial charge in [0.2, 0.25) is 0 Å². The van der Waals surface area contributed by atoms with E-state index in [-0.39, 0.29) is 42.8 Å². The molecule has 0 fully saturated rings. The van der Waals surface area contributed by atoms with Crippen molar-refractivity contribution < 1.29 is 32.0 Å². The normalized spacial score (nSPS) is 12.1. The van der Waals surface area contributed by atoms with Gasteiger partial charge in [0.25, 0.3) is 10.1 Å². The zero-order valence-electron chi connectivity index (χ0n) is 25.6. The van der Waals surface area contributed by atoms with Crippen LogP contribution in [0, 0.1) is 0 Å². The topological polar surface area (TPSA) is 107 Å². The van der Waals surface area contributed by atoms with Crippen molar-refractivity contribution in [3.63, 3.8) is 0 Å². The van der Waals surface area contributed by atoms with Gasteiger partial charge in [0, 0.05) is 29.6 Å². The van der Waals surface area contributed by atoms with Crippen LogP contribution in [0.25, 0.3) is 0 Å². The molecule has 0 heterocycles. The number of unbranched alkanes of at least 4 members (excludes halogenated alkanes) is 20. The Balaban J connectivity index is 0. The first-order valence-electron chi connectivity index (χ1n) is 15.6. The Morgan fingerprint density at radius 2 is 0.872 bits per heavy atom. The maximum Gasteiger partial charge on any atom is 0.327 e. The molecule has 0 bridgehead atoms. The zero-order chi connectivity index (χ0) is 28.3. The SMILES string of the molecule is CCCCCCCCCCCCCOC(=O)CC(C(=O)OCCCCCCCCCCCCC)S(=O)(=O)O.[Na]. The number of esters is 2. The molecule has 0 saturated heterocycles. The van der Waals surface area contributed by atoms with Crippen LogP contribution in [0.15, 0.2) is 0 Å². The number of ether oxygens (including phenoxy) is 2. The van der Waals surface area contributed by atoms with Crippen LogP contribution in [0.2, 0.25) is 0 Å². The van der Waals surface area contributed by atoms with Crippen LogP contribution in [0.5, 0.6) is 0 Å². The maximum absolute atomic E-state index is 12.2. The Morgan fingerprint density at radius 3 is 1.21 bits per heavy atom. The molecular weight excluding hydrogens is 527 g/mol. The van der Waals surface area contributed by atoms with Gasteiger partial charge < -0.3 is 9.47 Å². The van der Waals surface area contributed by atoms with E-state index in [4.69, 9.17) is 9.47 Å². The van der Waals surface area contributed by atoms with Gasteiger partial charge in [-0.3, -0.25) is 14.1 Å². The van der Waals surface area contributed by atoms with Crippen LogP contribution in [0.1, 0.15) is 162 Å². The molecule has 0 aliphatic rings. The van der Waals surface area contributed by atoms with Crippen LogP contribution in [-0.2, 0) is 29.2 Å². The first kappa shape index (κ1) is 41.0. The van der Waals surface area contributed by atoms with Gasteiger partial charge >= 0.3 is 11.9 Å². The fourth-order valence-corrected chi connectivity index (χ4v) is 5.16. The third kappa shape index (κ3) is 27.8. The first-order chi connectivity index (χ1) is 18.3. The predicted molar refractivity (Wildman–Crippen MR) is 161 cm³/mol. The Kier molecular flexibility index (Phi) is 30.8. The van der Waals surface area contributed by atoms with Gasteiger partial charge in [-0.25, -0.2) is 0 Å². The average Bonchev–Trinajstić information content (AvgIpc) is 2.87. The van der Waals surface area contributed by atoms with E-state index in [2.05, 4.69) is 13.8 Å². The number of rotatable bonds is 28. The molecule has 1 radical (unpaired) electrons. The van der Waals surface area contributed by atoms with Crippen LogP contribution in [0.3, 0.4) is 0 Å². The van der Waals surface area contributed by atoms with Crippen molar-refractivity contribution in [2.24, 2.45) is 0 Å². The van der Waals surface area contributed by atoms with Crippen LogP contribution < -0.4 is 0 Å². The van der Waals surface area contributed by atoms with E-state index in [1.807, 2.05) is 0 Å². The zero-order valence-corrected chi connectivity index (χ0v) is 28.4. The Morgan fingerprint density at radius 1 is 0.564 bits per heavy atom. The van der Waals surface area contributed by atoms with Gasteiger partial charge in [-0.1, -0.05) is 142 Å². The van der Waals surface area contributed by atoms with Crippen LogP contribution in [-0.4, -0.2) is 72.9 Å². The van der Waals surface area contributed by atoms with Crippen LogP contribution >= 0.6 is 0 Å². The van der Waals surface area contributed by atoms with Gasteiger partial charge in [0.15, 0.2) is 5.25 Å². The molecule has 0 aliphatic heterocycles. The number of carbonyl (C=O) groups is 2. The molecule has 1 N–H and O–H groups in total. The van der Waals surface area contributed by atoms with Crippen molar-refractivity contribution in [3.8, 4) is 0 Å². The van der Waals surface area contributed by atoms with E-state index in [1.54, 1.807) is 0 Å². The largest absolute Gasteiger partial charge is 0.466 e. The van der Waals surface area contributed by atoms with Gasteiger partial charge in [-0.05, 0) is 12.8 Å². The molecule has 0 amide bonds. The summed E-state index contributed by atoms with van der Waals surface area (Å²) >= 11 is 0. The summed E-state index contributed by atoms with van der Waals surface area (Å²) in [6.45, 7) is 4.70. The smallest absolute Gasteiger partial charge is 0.327 e. The fraction of sp³-hybridized carbons (Fsp3) is 0.933. The van der Waals surface area contributed by atoms with E-state index >= 15 is 0 Å². The summed E-state index contributed by atoms with van der Waals surface area (Å²) in [5.41, 5.74) is 0. The molecular formula is C30H58NaO7S. The molecule has 0 aromatic rings. The molecule has 9 heteroatoms. The van der Waals surface area contributed by atoms with Crippen molar-refractivity contribution in [2.75, 3.05) is 13.2 Å². The van der Waals surface area contributed by atoms with E-state index < -0.39 is 33.7 Å². The standard InChI is InChI=1S/C30H58O7S.Na/c1-3-5-7-9-11-13-15-17-19-21-23-25-36-29(31)27-28(38(33,34)35)30(32)37-26-24-22-20-18-16-14-12-10-8-6-4-2;/h28H,3-27H2,1-2H3,(H,33,34,35);. The van der Waals surface area contributed by atoms with Crippen molar-refractivity contribution in [1.82, 2.24) is 0 Å². The molecule has 1 unspecified atom stereocenters. The minimum absolute atomic E-state index is 0. The molecule has 0 aliphatic carbocycles. The third-order valence-corrected chi connectivity index (χ3v) is 8.06. The van der Waals surface area contributed by atoms with E-state index in [0.29, 0.717) is 12.8 Å². The summed E-state index contributed by atoms with van der Waals surface area (Å²) in [5.74, 6) is -1.91. The van der Waals surface area contributed by atoms with Gasteiger partial charge in [-0.2, -0.15) is 8.42 Å². The van der Waals surface area contributed by atoms with Crippen LogP contribution in [0.4, 0.5) is 0 Å². The summed E-state index contributed by atoms with van der Waals surface area (Å²) in [5, 5.41) is -1.93. The average molecular weight is 586 g/mol. The maximum atomic E-state index is 12.2. The van der Waals surface area contributed by atoms with Crippen molar-refractivity contribution in [3.05, 3.63) is 0 Å². The van der Waals surface area contributed by atoms with E-state index in [9.17, 15) is 22.6 Å². The Hall–Kier alpha value is -0.150. The van der Waals surface area contributed by atoms with Gasteiger partial charge in [-0.15, -0.1) is 0 Å². The Bertz CT molecular complexity index is 670. The molecule has 0 aromatic carbocycles. The number of hydrogen-bond acceptors (Lipinski definition) is 6. The molecule has 227 valence electrons. The van der Waals surface area contributed by atoms with E-state index in [0.717, 1.165) is 38.5 Å². The molecule has 0 aromatic heterocycles. The second-order valence-corrected chi connectivity index (χ2v) is 12.3. The minimum Gasteiger partial charge on any atom is -0.466 e. The third-order valence-electron chi connectivity index (χ3n) is 6.98. The predicted octanol–water partition coefficient (Wildman–Crippen LogP) is 7.96. The summed E-state index contributed by atoms with van der Waals surface area (Å²) in [7, 11) is -4.76. The second-order valence-electron chi connectivity index (χ2n) is 10.7. The van der Waals surface area contributed by atoms with E-state index in [1.165, 1.54) is 89.9 Å². The van der Waals surface area contributed by atoms with Crippen molar-refractivity contribution in [1.29, 1.82) is 0 Å². The fourth-order valence-electron chi connectivity index (χ4n) is 4.50. The first-order valence-corrected chi connectivity index (χ1v) is 17.1. The van der Waals surface area contributed by atoms with Crippen molar-refractivity contribution in [2.45, 2.75) is 167 Å². The number of hydrogen-bond donors (Lipinski definition) is 1. The molecule has 1 atom stereocenters. The molecule has 0 rings (SSSR count). The summed E-state index contributed by atoms with van der Waals surface area (Å²) in [6, 6.07) is 0. The second kappa shape index (κ2) is 29.3. The Labute approximate surface area is 262 Å². The monoisotopic (exact) mass is 585 g/mol. The minimum atomic E-state index is -4.76. The summed E-state index contributed by atoms with van der Waals surface area (Å²) < 4.78 is 42.9. The molecule has 0 spiro atoms. The molecule has 39 heavy (non-hydrogen) atoms. The summed E-state index contributed by atoms with van der Waals surface area (Å²) in [6.07, 6.45) is 24.8. The molecule has 0 saturated carbocycles. The molecule has 7 nitrogen and oxygen atoms in total.